The van der Waals surface area contributed by atoms with Crippen LogP contribution in [-0.2, 0) is 9.73 Å². The summed E-state index contributed by atoms with van der Waals surface area (Å²) in [4.78, 5) is 3.85. The first-order valence-corrected chi connectivity index (χ1v) is 7.61. The number of hydrogen-bond donors (Lipinski definition) is 0. The Bertz CT molecular complexity index is 574. The van der Waals surface area contributed by atoms with Crippen LogP contribution in [-0.4, -0.2) is 27.6 Å². The minimum absolute atomic E-state index is 0.0904. The zero-order valence-corrected chi connectivity index (χ0v) is 10.9. The molecule has 0 N–H and O–H groups in total. The van der Waals surface area contributed by atoms with Crippen LogP contribution in [0.2, 0.25) is 5.15 Å². The van der Waals surface area contributed by atoms with Crippen LogP contribution in [0.5, 0.6) is 0 Å². The average Bonchev–Trinajstić information content (AvgIpc) is 2.70. The summed E-state index contributed by atoms with van der Waals surface area (Å²) < 4.78 is 41.2. The summed E-state index contributed by atoms with van der Waals surface area (Å²) in [7, 11) is -2.38. The van der Waals surface area contributed by atoms with Gasteiger partial charge in [0.05, 0.1) is 5.92 Å². The quantitative estimate of drug-likeness (QED) is 0.781. The van der Waals surface area contributed by atoms with Gasteiger partial charge in [0.15, 0.2) is 5.82 Å². The molecule has 7 heteroatoms. The molecule has 1 aromatic heterocycles. The molecule has 1 heterocycles. The van der Waals surface area contributed by atoms with Crippen LogP contribution in [0.15, 0.2) is 16.5 Å². The molecule has 0 spiro atoms. The van der Waals surface area contributed by atoms with E-state index in [1.165, 1.54) is 24.6 Å². The smallest absolute Gasteiger partial charge is 0.250 e. The maximum atomic E-state index is 12.9. The molecule has 2 rings (SSSR count). The van der Waals surface area contributed by atoms with Gasteiger partial charge in [-0.1, -0.05) is 11.6 Å². The Labute approximate surface area is 103 Å². The molecule has 17 heavy (non-hydrogen) atoms. The van der Waals surface area contributed by atoms with E-state index >= 15 is 0 Å². The predicted octanol–water partition coefficient (Wildman–Crippen LogP) is 3.22. The van der Waals surface area contributed by atoms with E-state index in [0.29, 0.717) is 5.56 Å². The van der Waals surface area contributed by atoms with Crippen molar-refractivity contribution in [1.29, 1.82) is 0 Å². The van der Waals surface area contributed by atoms with Gasteiger partial charge in [-0.05, 0) is 17.7 Å². The van der Waals surface area contributed by atoms with Crippen molar-refractivity contribution in [1.82, 2.24) is 4.98 Å². The highest BCUT2D eigenvalue weighted by Gasteiger charge is 2.57. The topological polar surface area (TPSA) is 42.3 Å². The Morgan fingerprint density at radius 1 is 1.53 bits per heavy atom. The fourth-order valence-electron chi connectivity index (χ4n) is 1.55. The van der Waals surface area contributed by atoms with E-state index in [2.05, 4.69) is 9.35 Å². The molecule has 1 atom stereocenters. The number of hydrogen-bond acceptors (Lipinski definition) is 3. The van der Waals surface area contributed by atoms with E-state index in [9.17, 15) is 13.0 Å². The van der Waals surface area contributed by atoms with Gasteiger partial charge < -0.3 is 0 Å². The molecule has 1 aromatic rings. The number of alkyl halides is 2. The van der Waals surface area contributed by atoms with Gasteiger partial charge in [-0.15, -0.1) is 0 Å². The van der Waals surface area contributed by atoms with Crippen LogP contribution < -0.4 is 0 Å². The lowest BCUT2D eigenvalue weighted by Crippen LogP contribution is -1.95. The molecule has 1 unspecified atom stereocenters. The molecule has 1 aliphatic rings. The highest BCUT2D eigenvalue weighted by atomic mass is 35.5. The van der Waals surface area contributed by atoms with Gasteiger partial charge in [0, 0.05) is 28.7 Å². The van der Waals surface area contributed by atoms with Crippen LogP contribution >= 0.6 is 11.6 Å². The van der Waals surface area contributed by atoms with Gasteiger partial charge in [0.25, 0.3) is 5.92 Å². The molecule has 94 valence electrons. The first kappa shape index (κ1) is 12.7. The van der Waals surface area contributed by atoms with Gasteiger partial charge in [-0.3, -0.25) is 0 Å². The number of rotatable bonds is 2. The Balaban J connectivity index is 2.41. The molecule has 1 aliphatic carbocycles. The first-order chi connectivity index (χ1) is 7.67. The van der Waals surface area contributed by atoms with Gasteiger partial charge in [0.2, 0.25) is 0 Å². The fraction of sp³-hybridized carbons (Fsp3) is 0.500. The fourth-order valence-corrected chi connectivity index (χ4v) is 2.31. The summed E-state index contributed by atoms with van der Waals surface area (Å²) in [6.07, 6.45) is 2.71. The van der Waals surface area contributed by atoms with E-state index in [1.807, 2.05) is 0 Å². The van der Waals surface area contributed by atoms with E-state index in [1.54, 1.807) is 0 Å². The lowest BCUT2D eigenvalue weighted by atomic mass is 10.2. The van der Waals surface area contributed by atoms with Crippen LogP contribution in [0.3, 0.4) is 0 Å². The Hall–Kier alpha value is -0.750. The van der Waals surface area contributed by atoms with Crippen LogP contribution in [0.4, 0.5) is 14.6 Å². The minimum atomic E-state index is -2.66. The van der Waals surface area contributed by atoms with Gasteiger partial charge in [-0.25, -0.2) is 18.0 Å². The van der Waals surface area contributed by atoms with Crippen molar-refractivity contribution in [3.63, 3.8) is 0 Å². The zero-order valence-electron chi connectivity index (χ0n) is 9.28. The average molecular weight is 281 g/mol. The molecule has 0 aromatic carbocycles. The van der Waals surface area contributed by atoms with Crippen molar-refractivity contribution in [3.05, 3.63) is 22.8 Å². The lowest BCUT2D eigenvalue weighted by Gasteiger charge is -2.03. The zero-order chi connectivity index (χ0) is 12.8. The second-order valence-electron chi connectivity index (χ2n) is 4.37. The van der Waals surface area contributed by atoms with E-state index in [0.717, 1.165) is 0 Å². The largest absolute Gasteiger partial charge is 0.255 e. The van der Waals surface area contributed by atoms with Crippen molar-refractivity contribution in [2.24, 2.45) is 4.36 Å². The van der Waals surface area contributed by atoms with Crippen molar-refractivity contribution < 1.29 is 13.0 Å². The highest BCUT2D eigenvalue weighted by Crippen LogP contribution is 2.56. The first-order valence-electron chi connectivity index (χ1n) is 4.90. The van der Waals surface area contributed by atoms with Crippen molar-refractivity contribution in [2.45, 2.75) is 18.3 Å². The van der Waals surface area contributed by atoms with Gasteiger partial charge in [0.1, 0.15) is 5.15 Å². The molecule has 0 bridgehead atoms. The molecule has 0 saturated heterocycles. The molecule has 1 saturated carbocycles. The van der Waals surface area contributed by atoms with Crippen molar-refractivity contribution in [3.8, 4) is 0 Å². The molecule has 1 fully saturated rings. The summed E-state index contributed by atoms with van der Waals surface area (Å²) in [5.74, 6) is -3.34. The second kappa shape index (κ2) is 3.88. The summed E-state index contributed by atoms with van der Waals surface area (Å²) in [5.41, 5.74) is 0.400. The standard InChI is InChI=1S/C10H11ClF2N2OS/c1-17(2,16)15-9-4-6(3-8(11)14-9)7-5-10(7,12)13/h3-4,7H,5H2,1-2H3. The maximum Gasteiger partial charge on any atom is 0.255 e. The van der Waals surface area contributed by atoms with Crippen molar-refractivity contribution in [2.75, 3.05) is 12.5 Å². The summed E-state index contributed by atoms with van der Waals surface area (Å²) >= 11 is 5.74. The monoisotopic (exact) mass is 280 g/mol. The third kappa shape index (κ3) is 3.13. The molecule has 0 aliphatic heterocycles. The van der Waals surface area contributed by atoms with Crippen LogP contribution in [0.25, 0.3) is 0 Å². The van der Waals surface area contributed by atoms with Crippen molar-refractivity contribution >= 4 is 27.1 Å². The number of pyridine rings is 1. The second-order valence-corrected chi connectivity index (χ2v) is 7.30. The van der Waals surface area contributed by atoms with Crippen LogP contribution in [0.1, 0.15) is 17.9 Å². The normalized spacial score (nSPS) is 22.3. The lowest BCUT2D eigenvalue weighted by molar-refractivity contribution is 0.112. The summed E-state index contributed by atoms with van der Waals surface area (Å²) in [5, 5.41) is 0.0904. The minimum Gasteiger partial charge on any atom is -0.250 e. The maximum absolute atomic E-state index is 12.9. The van der Waals surface area contributed by atoms with E-state index in [-0.39, 0.29) is 17.4 Å². The molecule has 0 radical (unpaired) electrons. The number of aromatic nitrogens is 1. The van der Waals surface area contributed by atoms with Gasteiger partial charge >= 0.3 is 0 Å². The summed E-state index contributed by atoms with van der Waals surface area (Å²) in [6, 6.07) is 2.82. The van der Waals surface area contributed by atoms with E-state index in [4.69, 9.17) is 11.6 Å². The third-order valence-electron chi connectivity index (χ3n) is 2.34. The number of halogens is 3. The Morgan fingerprint density at radius 3 is 2.59 bits per heavy atom. The Kier molecular flexibility index (Phi) is 2.90. The molecular formula is C10H11ClF2N2OS. The SMILES string of the molecule is CS(C)(=O)=Nc1cc(C2CC2(F)F)cc(Cl)n1. The number of nitrogens with zero attached hydrogens (tertiary/aromatic N) is 2. The summed E-state index contributed by atoms with van der Waals surface area (Å²) in [6.45, 7) is 0. The Morgan fingerprint density at radius 2 is 2.12 bits per heavy atom. The predicted molar refractivity (Wildman–Crippen MR) is 63.6 cm³/mol. The van der Waals surface area contributed by atoms with Gasteiger partial charge in [-0.2, -0.15) is 4.36 Å². The molecular weight excluding hydrogens is 270 g/mol. The molecule has 3 nitrogen and oxygen atoms in total. The van der Waals surface area contributed by atoms with Crippen LogP contribution in [0, 0.1) is 0 Å². The highest BCUT2D eigenvalue weighted by molar-refractivity contribution is 7.92. The molecule has 0 amide bonds. The third-order valence-corrected chi connectivity index (χ3v) is 3.16. The van der Waals surface area contributed by atoms with E-state index < -0.39 is 21.6 Å².